The van der Waals surface area contributed by atoms with Gasteiger partial charge in [0.25, 0.3) is 0 Å². The van der Waals surface area contributed by atoms with Crippen LogP contribution in [0.25, 0.3) is 0 Å². The van der Waals surface area contributed by atoms with Crippen LogP contribution in [0, 0.1) is 11.8 Å². The summed E-state index contributed by atoms with van der Waals surface area (Å²) in [6.45, 7) is 3.63. The van der Waals surface area contributed by atoms with E-state index in [-0.39, 0.29) is 18.1 Å². The summed E-state index contributed by atoms with van der Waals surface area (Å²) in [7, 11) is 0. The fourth-order valence-electron chi connectivity index (χ4n) is 1.55. The van der Waals surface area contributed by atoms with Gasteiger partial charge >= 0.3 is 5.97 Å². The number of hydrogen-bond acceptors (Lipinski definition) is 2. The number of carbonyl (C=O) groups excluding carboxylic acids is 1. The average molecular weight is 220 g/mol. The topological polar surface area (TPSA) is 54.4 Å². The van der Waals surface area contributed by atoms with Gasteiger partial charge in [-0.2, -0.15) is 0 Å². The van der Waals surface area contributed by atoms with Crippen LogP contribution >= 0.6 is 0 Å². The number of benzene rings is 1. The van der Waals surface area contributed by atoms with Gasteiger partial charge in [0.15, 0.2) is 5.78 Å². The van der Waals surface area contributed by atoms with Crippen LogP contribution < -0.4 is 0 Å². The molecule has 1 atom stereocenters. The predicted octanol–water partition coefficient (Wildman–Crippen LogP) is 2.62. The molecule has 0 aromatic heterocycles. The zero-order chi connectivity index (χ0) is 12.1. The Labute approximate surface area is 95.1 Å². The molecule has 0 aliphatic carbocycles. The van der Waals surface area contributed by atoms with E-state index in [0.29, 0.717) is 5.56 Å². The molecule has 0 heterocycles. The molecule has 0 unspecified atom stereocenters. The largest absolute Gasteiger partial charge is 0.481 e. The first-order valence-corrected chi connectivity index (χ1v) is 5.33. The quantitative estimate of drug-likeness (QED) is 0.776. The zero-order valence-electron chi connectivity index (χ0n) is 9.51. The lowest BCUT2D eigenvalue weighted by atomic mass is 9.89. The maximum absolute atomic E-state index is 11.8. The van der Waals surface area contributed by atoms with Crippen LogP contribution in [-0.2, 0) is 4.79 Å². The Morgan fingerprint density at radius 3 is 2.19 bits per heavy atom. The van der Waals surface area contributed by atoms with Crippen molar-refractivity contribution in [2.24, 2.45) is 11.8 Å². The minimum Gasteiger partial charge on any atom is -0.481 e. The van der Waals surface area contributed by atoms with Crippen LogP contribution in [0.15, 0.2) is 30.3 Å². The van der Waals surface area contributed by atoms with Crippen molar-refractivity contribution in [2.45, 2.75) is 20.3 Å². The Kier molecular flexibility index (Phi) is 4.23. The van der Waals surface area contributed by atoms with E-state index in [2.05, 4.69) is 0 Å². The van der Waals surface area contributed by atoms with Crippen molar-refractivity contribution in [3.05, 3.63) is 35.9 Å². The van der Waals surface area contributed by atoms with Gasteiger partial charge in [-0.15, -0.1) is 0 Å². The van der Waals surface area contributed by atoms with E-state index in [0.717, 1.165) is 0 Å². The number of carboxylic acid groups (broad SMARTS) is 1. The normalized spacial score (nSPS) is 12.4. The van der Waals surface area contributed by atoms with Crippen molar-refractivity contribution >= 4 is 11.8 Å². The maximum atomic E-state index is 11.8. The number of ketones is 1. The Hall–Kier alpha value is -1.64. The first kappa shape index (κ1) is 12.4. The van der Waals surface area contributed by atoms with E-state index in [1.54, 1.807) is 24.3 Å². The third kappa shape index (κ3) is 3.19. The molecule has 0 saturated carbocycles. The molecule has 0 fully saturated rings. The number of hydrogen-bond donors (Lipinski definition) is 1. The fraction of sp³-hybridized carbons (Fsp3) is 0.385. The highest BCUT2D eigenvalue weighted by atomic mass is 16.4. The van der Waals surface area contributed by atoms with Crippen molar-refractivity contribution in [1.82, 2.24) is 0 Å². The summed E-state index contributed by atoms with van der Waals surface area (Å²) in [5.74, 6) is -1.65. The zero-order valence-corrected chi connectivity index (χ0v) is 9.51. The van der Waals surface area contributed by atoms with Crippen LogP contribution in [0.1, 0.15) is 30.6 Å². The van der Waals surface area contributed by atoms with Crippen molar-refractivity contribution in [2.75, 3.05) is 0 Å². The highest BCUT2D eigenvalue weighted by Gasteiger charge is 2.24. The fourth-order valence-corrected chi connectivity index (χ4v) is 1.55. The molecule has 1 N–H and O–H groups in total. The Bertz CT molecular complexity index is 368. The second kappa shape index (κ2) is 5.45. The maximum Gasteiger partial charge on any atom is 0.307 e. The lowest BCUT2D eigenvalue weighted by Gasteiger charge is -2.14. The van der Waals surface area contributed by atoms with E-state index in [1.165, 1.54) is 0 Å². The van der Waals surface area contributed by atoms with Crippen LogP contribution in [0.2, 0.25) is 0 Å². The molecule has 0 radical (unpaired) electrons. The molecule has 0 saturated heterocycles. The van der Waals surface area contributed by atoms with Crippen LogP contribution in [-0.4, -0.2) is 16.9 Å². The van der Waals surface area contributed by atoms with E-state index >= 15 is 0 Å². The van der Waals surface area contributed by atoms with Gasteiger partial charge < -0.3 is 5.11 Å². The molecule has 3 nitrogen and oxygen atoms in total. The van der Waals surface area contributed by atoms with Gasteiger partial charge in [-0.25, -0.2) is 0 Å². The number of rotatable bonds is 5. The van der Waals surface area contributed by atoms with Crippen molar-refractivity contribution in [3.63, 3.8) is 0 Å². The van der Waals surface area contributed by atoms with Crippen LogP contribution in [0.5, 0.6) is 0 Å². The highest BCUT2D eigenvalue weighted by Crippen LogP contribution is 2.18. The van der Waals surface area contributed by atoms with Crippen molar-refractivity contribution in [1.29, 1.82) is 0 Å². The predicted molar refractivity (Wildman–Crippen MR) is 61.4 cm³/mol. The number of carboxylic acids is 1. The minimum absolute atomic E-state index is 0.0369. The second-order valence-corrected chi connectivity index (χ2v) is 4.18. The number of aliphatic carboxylic acids is 1. The van der Waals surface area contributed by atoms with Gasteiger partial charge in [-0.05, 0) is 5.92 Å². The summed E-state index contributed by atoms with van der Waals surface area (Å²) in [5.41, 5.74) is 0.578. The molecule has 0 amide bonds. The van der Waals surface area contributed by atoms with Gasteiger partial charge in [0.2, 0.25) is 0 Å². The summed E-state index contributed by atoms with van der Waals surface area (Å²) in [6.07, 6.45) is 0.0665. The third-order valence-electron chi connectivity index (χ3n) is 2.62. The molecule has 0 aliphatic rings. The van der Waals surface area contributed by atoms with E-state index in [1.807, 2.05) is 19.9 Å². The number of Topliss-reactive ketones (excluding diaryl/α,β-unsaturated/α-hetero) is 1. The highest BCUT2D eigenvalue weighted by molar-refractivity contribution is 5.97. The Balaban J connectivity index is 2.74. The molecule has 16 heavy (non-hydrogen) atoms. The molecule has 0 spiro atoms. The lowest BCUT2D eigenvalue weighted by molar-refractivity contribution is -0.143. The first-order valence-electron chi connectivity index (χ1n) is 5.33. The molecule has 86 valence electrons. The molecule has 1 rings (SSSR count). The van der Waals surface area contributed by atoms with Gasteiger partial charge in [0, 0.05) is 12.0 Å². The Morgan fingerprint density at radius 2 is 1.75 bits per heavy atom. The molecule has 1 aromatic carbocycles. The van der Waals surface area contributed by atoms with Gasteiger partial charge in [-0.1, -0.05) is 44.2 Å². The molecule has 0 aliphatic heterocycles. The van der Waals surface area contributed by atoms with Crippen LogP contribution in [0.3, 0.4) is 0 Å². The number of carbonyl (C=O) groups is 2. The van der Waals surface area contributed by atoms with E-state index in [9.17, 15) is 9.59 Å². The average Bonchev–Trinajstić information content (AvgIpc) is 2.25. The molecule has 3 heteroatoms. The standard InChI is InChI=1S/C13H16O3/c1-9(2)11(13(15)16)8-12(14)10-6-4-3-5-7-10/h3-7,9,11H,8H2,1-2H3,(H,15,16)/t11-/m0/s1. The molecular weight excluding hydrogens is 204 g/mol. The van der Waals surface area contributed by atoms with E-state index in [4.69, 9.17) is 5.11 Å². The van der Waals surface area contributed by atoms with Crippen LogP contribution in [0.4, 0.5) is 0 Å². The van der Waals surface area contributed by atoms with E-state index < -0.39 is 11.9 Å². The summed E-state index contributed by atoms with van der Waals surface area (Å²) in [5, 5.41) is 8.99. The third-order valence-corrected chi connectivity index (χ3v) is 2.62. The van der Waals surface area contributed by atoms with Gasteiger partial charge in [0.1, 0.15) is 0 Å². The van der Waals surface area contributed by atoms with Crippen molar-refractivity contribution < 1.29 is 14.7 Å². The molecular formula is C13H16O3. The minimum atomic E-state index is -0.903. The Morgan fingerprint density at radius 1 is 1.19 bits per heavy atom. The smallest absolute Gasteiger partial charge is 0.307 e. The summed E-state index contributed by atoms with van der Waals surface area (Å²) in [4.78, 5) is 22.8. The second-order valence-electron chi connectivity index (χ2n) is 4.18. The SMILES string of the molecule is CC(C)[C@H](CC(=O)c1ccccc1)C(=O)O. The summed E-state index contributed by atoms with van der Waals surface area (Å²) < 4.78 is 0. The first-order chi connectivity index (χ1) is 7.52. The van der Waals surface area contributed by atoms with Gasteiger partial charge in [-0.3, -0.25) is 9.59 Å². The molecule has 1 aromatic rings. The van der Waals surface area contributed by atoms with Crippen molar-refractivity contribution in [3.8, 4) is 0 Å². The summed E-state index contributed by atoms with van der Waals surface area (Å²) in [6, 6.07) is 8.80. The lowest BCUT2D eigenvalue weighted by Crippen LogP contribution is -2.23. The molecule has 0 bridgehead atoms. The van der Waals surface area contributed by atoms with Gasteiger partial charge in [0.05, 0.1) is 5.92 Å². The monoisotopic (exact) mass is 220 g/mol. The summed E-state index contributed by atoms with van der Waals surface area (Å²) >= 11 is 0.